The van der Waals surface area contributed by atoms with Gasteiger partial charge < -0.3 is 9.84 Å². The molecule has 2 N–H and O–H groups in total. The Kier molecular flexibility index (Phi) is 7.69. The Hall–Kier alpha value is -1.43. The molecule has 1 heterocycles. The van der Waals surface area contributed by atoms with Crippen molar-refractivity contribution in [2.45, 2.75) is 64.7 Å². The van der Waals surface area contributed by atoms with Crippen LogP contribution in [0.25, 0.3) is 0 Å². The molecule has 2 rings (SSSR count). The lowest BCUT2D eigenvalue weighted by Crippen LogP contribution is -2.41. The van der Waals surface area contributed by atoms with Crippen LogP contribution in [0.2, 0.25) is 0 Å². The van der Waals surface area contributed by atoms with Crippen LogP contribution >= 0.6 is 0 Å². The minimum absolute atomic E-state index is 0.258. The van der Waals surface area contributed by atoms with E-state index in [2.05, 4.69) is 36.7 Å². The molecule has 0 aromatic heterocycles. The van der Waals surface area contributed by atoms with Gasteiger partial charge >= 0.3 is 5.97 Å². The Morgan fingerprint density at radius 2 is 2.12 bits per heavy atom. The summed E-state index contributed by atoms with van der Waals surface area (Å²) in [4.78, 5) is 17.1. The van der Waals surface area contributed by atoms with Crippen molar-refractivity contribution in [3.05, 3.63) is 35.4 Å². The molecule has 1 unspecified atom stereocenters. The van der Waals surface area contributed by atoms with Gasteiger partial charge in [0, 0.05) is 19.1 Å². The first-order chi connectivity index (χ1) is 11.6. The maximum atomic E-state index is 11.6. The minimum atomic E-state index is -0.785. The Bertz CT molecular complexity index is 497. The van der Waals surface area contributed by atoms with E-state index in [1.54, 1.807) is 0 Å². The van der Waals surface area contributed by atoms with Crippen molar-refractivity contribution in [2.75, 3.05) is 6.61 Å². The van der Waals surface area contributed by atoms with E-state index in [4.69, 9.17) is 9.57 Å². The topological polar surface area (TPSA) is 67.8 Å². The standard InChI is InChI=1S/C19H29NO4/c1-14-9-11-16(12-10-14)6-5-7-17(19(21)22)15(2)20-24-18-8-3-4-13-23-18/h9-12,15,17-18,20H,3-8,13H2,1-2H3,(H,21,22)/t15-,17+,18?/m0/s1. The third-order valence-corrected chi connectivity index (χ3v) is 4.55. The third kappa shape index (κ3) is 6.23. The monoisotopic (exact) mass is 335 g/mol. The molecule has 0 bridgehead atoms. The van der Waals surface area contributed by atoms with Gasteiger partial charge in [0.2, 0.25) is 0 Å². The van der Waals surface area contributed by atoms with Gasteiger partial charge in [0.25, 0.3) is 0 Å². The fourth-order valence-corrected chi connectivity index (χ4v) is 2.94. The second kappa shape index (κ2) is 9.77. The molecule has 0 spiro atoms. The zero-order valence-corrected chi connectivity index (χ0v) is 14.7. The van der Waals surface area contributed by atoms with Gasteiger partial charge in [-0.05, 0) is 51.5 Å². The van der Waals surface area contributed by atoms with Crippen LogP contribution < -0.4 is 5.48 Å². The van der Waals surface area contributed by atoms with Crippen LogP contribution in [-0.4, -0.2) is 30.0 Å². The van der Waals surface area contributed by atoms with Crippen LogP contribution in [0.5, 0.6) is 0 Å². The van der Waals surface area contributed by atoms with Gasteiger partial charge in [0.15, 0.2) is 6.29 Å². The molecule has 0 saturated carbocycles. The number of ether oxygens (including phenoxy) is 1. The summed E-state index contributed by atoms with van der Waals surface area (Å²) in [5.41, 5.74) is 5.37. The van der Waals surface area contributed by atoms with E-state index in [1.165, 1.54) is 11.1 Å². The molecule has 1 aromatic rings. The number of aliphatic carboxylic acids is 1. The van der Waals surface area contributed by atoms with E-state index >= 15 is 0 Å². The number of carboxylic acid groups (broad SMARTS) is 1. The highest BCUT2D eigenvalue weighted by Gasteiger charge is 2.26. The number of carbonyl (C=O) groups is 1. The first-order valence-corrected chi connectivity index (χ1v) is 8.87. The predicted octanol–water partition coefficient (Wildman–Crippen LogP) is 3.45. The van der Waals surface area contributed by atoms with E-state index in [0.29, 0.717) is 13.0 Å². The first-order valence-electron chi connectivity index (χ1n) is 8.87. The normalized spacial score (nSPS) is 20.5. The van der Waals surface area contributed by atoms with Crippen molar-refractivity contribution in [3.63, 3.8) is 0 Å². The number of aryl methyl sites for hydroxylation is 2. The number of hydrogen-bond acceptors (Lipinski definition) is 4. The molecule has 1 saturated heterocycles. The number of hydrogen-bond donors (Lipinski definition) is 2. The average molecular weight is 335 g/mol. The second-order valence-corrected chi connectivity index (χ2v) is 6.64. The summed E-state index contributed by atoms with van der Waals surface area (Å²) in [7, 11) is 0. The molecule has 1 aliphatic rings. The number of rotatable bonds is 9. The summed E-state index contributed by atoms with van der Waals surface area (Å²) < 4.78 is 5.49. The maximum Gasteiger partial charge on any atom is 0.308 e. The van der Waals surface area contributed by atoms with Gasteiger partial charge in [-0.3, -0.25) is 9.63 Å². The molecule has 5 heteroatoms. The summed E-state index contributed by atoms with van der Waals surface area (Å²) in [6.45, 7) is 4.63. The molecule has 0 aliphatic carbocycles. The summed E-state index contributed by atoms with van der Waals surface area (Å²) in [5.74, 6) is -1.26. The largest absolute Gasteiger partial charge is 0.481 e. The quantitative estimate of drug-likeness (QED) is 0.677. The smallest absolute Gasteiger partial charge is 0.308 e. The zero-order valence-electron chi connectivity index (χ0n) is 14.7. The zero-order chi connectivity index (χ0) is 17.4. The van der Waals surface area contributed by atoms with E-state index in [9.17, 15) is 9.90 Å². The van der Waals surface area contributed by atoms with E-state index < -0.39 is 11.9 Å². The Balaban J connectivity index is 1.75. The summed E-state index contributed by atoms with van der Waals surface area (Å²) in [6, 6.07) is 8.14. The lowest BCUT2D eigenvalue weighted by atomic mass is 9.94. The highest BCUT2D eigenvalue weighted by atomic mass is 16.8. The third-order valence-electron chi connectivity index (χ3n) is 4.55. The van der Waals surface area contributed by atoms with Crippen LogP contribution in [0.3, 0.4) is 0 Å². The fraction of sp³-hybridized carbons (Fsp3) is 0.632. The summed E-state index contributed by atoms with van der Waals surface area (Å²) in [6.07, 6.45) is 5.08. The van der Waals surface area contributed by atoms with Gasteiger partial charge in [-0.1, -0.05) is 29.8 Å². The number of hydroxylamine groups is 1. The highest BCUT2D eigenvalue weighted by molar-refractivity contribution is 5.70. The fourth-order valence-electron chi connectivity index (χ4n) is 2.94. The summed E-state index contributed by atoms with van der Waals surface area (Å²) in [5, 5.41) is 9.49. The first kappa shape index (κ1) is 18.9. The molecule has 1 fully saturated rings. The van der Waals surface area contributed by atoms with Crippen LogP contribution in [-0.2, 0) is 20.8 Å². The maximum absolute atomic E-state index is 11.6. The van der Waals surface area contributed by atoms with Crippen LogP contribution in [0.1, 0.15) is 50.2 Å². The van der Waals surface area contributed by atoms with Gasteiger partial charge in [0.05, 0.1) is 5.92 Å². The van der Waals surface area contributed by atoms with Crippen LogP contribution in [0.4, 0.5) is 0 Å². The van der Waals surface area contributed by atoms with Gasteiger partial charge in [-0.15, -0.1) is 0 Å². The van der Waals surface area contributed by atoms with Crippen molar-refractivity contribution in [1.29, 1.82) is 0 Å². The van der Waals surface area contributed by atoms with E-state index in [-0.39, 0.29) is 12.3 Å². The van der Waals surface area contributed by atoms with Crippen molar-refractivity contribution in [2.24, 2.45) is 5.92 Å². The molecule has 24 heavy (non-hydrogen) atoms. The average Bonchev–Trinajstić information content (AvgIpc) is 2.59. The lowest BCUT2D eigenvalue weighted by molar-refractivity contribution is -0.206. The van der Waals surface area contributed by atoms with Crippen LogP contribution in [0.15, 0.2) is 24.3 Å². The lowest BCUT2D eigenvalue weighted by Gasteiger charge is -2.26. The Labute approximate surface area is 144 Å². The number of nitrogens with one attached hydrogen (secondary N) is 1. The minimum Gasteiger partial charge on any atom is -0.481 e. The number of benzene rings is 1. The van der Waals surface area contributed by atoms with Crippen molar-refractivity contribution < 1.29 is 19.5 Å². The molecule has 1 aliphatic heterocycles. The molecular formula is C19H29NO4. The van der Waals surface area contributed by atoms with Crippen molar-refractivity contribution >= 4 is 5.97 Å². The Morgan fingerprint density at radius 1 is 1.38 bits per heavy atom. The van der Waals surface area contributed by atoms with Crippen LogP contribution in [0, 0.1) is 12.8 Å². The molecule has 0 amide bonds. The second-order valence-electron chi connectivity index (χ2n) is 6.64. The van der Waals surface area contributed by atoms with Gasteiger partial charge in [-0.25, -0.2) is 0 Å². The van der Waals surface area contributed by atoms with Gasteiger partial charge in [0.1, 0.15) is 0 Å². The predicted molar refractivity (Wildman–Crippen MR) is 92.5 cm³/mol. The van der Waals surface area contributed by atoms with Crippen molar-refractivity contribution in [1.82, 2.24) is 5.48 Å². The van der Waals surface area contributed by atoms with E-state index in [1.807, 2.05) is 6.92 Å². The molecule has 134 valence electrons. The SMILES string of the molecule is Cc1ccc(CCC[C@@H](C(=O)O)[C@H](C)NOC2CCCCO2)cc1. The summed E-state index contributed by atoms with van der Waals surface area (Å²) >= 11 is 0. The molecular weight excluding hydrogens is 306 g/mol. The van der Waals surface area contributed by atoms with E-state index in [0.717, 1.165) is 32.1 Å². The molecule has 0 radical (unpaired) electrons. The molecule has 3 atom stereocenters. The van der Waals surface area contributed by atoms with Crippen molar-refractivity contribution in [3.8, 4) is 0 Å². The molecule has 5 nitrogen and oxygen atoms in total. The Morgan fingerprint density at radius 3 is 2.75 bits per heavy atom. The highest BCUT2D eigenvalue weighted by Crippen LogP contribution is 2.17. The number of carboxylic acids is 1. The van der Waals surface area contributed by atoms with Gasteiger partial charge in [-0.2, -0.15) is 5.48 Å². The molecule has 1 aromatic carbocycles.